The summed E-state index contributed by atoms with van der Waals surface area (Å²) in [5.41, 5.74) is -0.482. The molecular formula is C14H23NO3. The molecule has 0 aromatic heterocycles. The number of carboxylic acid groups (broad SMARTS) is 1. The van der Waals surface area contributed by atoms with E-state index in [0.29, 0.717) is 25.3 Å². The molecule has 0 aliphatic heterocycles. The zero-order valence-electron chi connectivity index (χ0n) is 11.3. The molecule has 0 unspecified atom stereocenters. The molecule has 2 saturated carbocycles. The first-order chi connectivity index (χ1) is 8.40. The Morgan fingerprint density at radius 2 is 1.83 bits per heavy atom. The van der Waals surface area contributed by atoms with E-state index in [1.54, 1.807) is 0 Å². The SMILES string of the molecule is CC(C)C1(CNC(=O)CC2(C(=O)O)CCC2)CC1. The molecule has 0 atom stereocenters. The fraction of sp³-hybridized carbons (Fsp3) is 0.857. The van der Waals surface area contributed by atoms with Crippen molar-refractivity contribution >= 4 is 11.9 Å². The summed E-state index contributed by atoms with van der Waals surface area (Å²) < 4.78 is 0. The van der Waals surface area contributed by atoms with Crippen LogP contribution in [0.3, 0.4) is 0 Å². The van der Waals surface area contributed by atoms with Crippen LogP contribution in [0.25, 0.3) is 0 Å². The number of hydrogen-bond donors (Lipinski definition) is 2. The summed E-state index contributed by atoms with van der Waals surface area (Å²) in [5.74, 6) is -0.326. The molecule has 2 aliphatic carbocycles. The molecule has 0 aromatic carbocycles. The first-order valence-corrected chi connectivity index (χ1v) is 6.90. The minimum absolute atomic E-state index is 0.0935. The first-order valence-electron chi connectivity index (χ1n) is 6.90. The maximum atomic E-state index is 11.9. The quantitative estimate of drug-likeness (QED) is 0.762. The van der Waals surface area contributed by atoms with Gasteiger partial charge in [-0.3, -0.25) is 9.59 Å². The van der Waals surface area contributed by atoms with Crippen LogP contribution in [0.2, 0.25) is 0 Å². The van der Waals surface area contributed by atoms with Gasteiger partial charge in [0.25, 0.3) is 0 Å². The van der Waals surface area contributed by atoms with Gasteiger partial charge in [0.2, 0.25) is 5.91 Å². The Kier molecular flexibility index (Phi) is 3.39. The Balaban J connectivity index is 1.81. The molecule has 0 spiro atoms. The number of amides is 1. The number of carboxylic acids is 1. The molecular weight excluding hydrogens is 230 g/mol. The molecule has 0 bridgehead atoms. The maximum absolute atomic E-state index is 11.9. The van der Waals surface area contributed by atoms with Gasteiger partial charge in [-0.15, -0.1) is 0 Å². The molecule has 0 aromatic rings. The summed E-state index contributed by atoms with van der Waals surface area (Å²) in [6, 6.07) is 0. The Labute approximate surface area is 108 Å². The summed E-state index contributed by atoms with van der Waals surface area (Å²) in [4.78, 5) is 23.1. The van der Waals surface area contributed by atoms with E-state index in [1.165, 1.54) is 12.8 Å². The van der Waals surface area contributed by atoms with Crippen molar-refractivity contribution < 1.29 is 14.7 Å². The van der Waals surface area contributed by atoms with E-state index in [9.17, 15) is 14.7 Å². The molecule has 18 heavy (non-hydrogen) atoms. The lowest BCUT2D eigenvalue weighted by Crippen LogP contribution is -2.43. The van der Waals surface area contributed by atoms with Crippen molar-refractivity contribution in [2.45, 2.75) is 52.4 Å². The van der Waals surface area contributed by atoms with Crippen LogP contribution in [0.15, 0.2) is 0 Å². The highest BCUT2D eigenvalue weighted by molar-refractivity contribution is 5.85. The number of nitrogens with one attached hydrogen (secondary N) is 1. The second-order valence-electron chi connectivity index (χ2n) is 6.41. The van der Waals surface area contributed by atoms with Crippen LogP contribution in [-0.2, 0) is 9.59 Å². The van der Waals surface area contributed by atoms with Crippen LogP contribution in [0, 0.1) is 16.7 Å². The van der Waals surface area contributed by atoms with Crippen molar-refractivity contribution in [1.29, 1.82) is 0 Å². The standard InChI is InChI=1S/C14H23NO3/c1-10(2)14(6-7-14)9-15-11(16)8-13(12(17)18)4-3-5-13/h10H,3-9H2,1-2H3,(H,15,16)(H,17,18). The highest BCUT2D eigenvalue weighted by atomic mass is 16.4. The van der Waals surface area contributed by atoms with Crippen molar-refractivity contribution in [3.8, 4) is 0 Å². The smallest absolute Gasteiger partial charge is 0.310 e. The summed E-state index contributed by atoms with van der Waals surface area (Å²) >= 11 is 0. The van der Waals surface area contributed by atoms with Crippen molar-refractivity contribution in [2.24, 2.45) is 16.7 Å². The summed E-state index contributed by atoms with van der Waals surface area (Å²) in [6.07, 6.45) is 4.71. The second-order valence-corrected chi connectivity index (χ2v) is 6.41. The van der Waals surface area contributed by atoms with E-state index in [-0.39, 0.29) is 17.7 Å². The molecule has 1 amide bonds. The monoisotopic (exact) mass is 253 g/mol. The van der Waals surface area contributed by atoms with E-state index in [4.69, 9.17) is 0 Å². The van der Waals surface area contributed by atoms with Crippen LogP contribution >= 0.6 is 0 Å². The van der Waals surface area contributed by atoms with Gasteiger partial charge in [0.1, 0.15) is 0 Å². The van der Waals surface area contributed by atoms with Gasteiger partial charge < -0.3 is 10.4 Å². The highest BCUT2D eigenvalue weighted by Crippen LogP contribution is 2.51. The Bertz CT molecular complexity index is 354. The predicted molar refractivity (Wildman–Crippen MR) is 68.1 cm³/mol. The number of carbonyl (C=O) groups is 2. The van der Waals surface area contributed by atoms with Gasteiger partial charge in [-0.2, -0.15) is 0 Å². The molecule has 0 radical (unpaired) electrons. The van der Waals surface area contributed by atoms with Gasteiger partial charge in [0.15, 0.2) is 0 Å². The summed E-state index contributed by atoms with van der Waals surface area (Å²) in [6.45, 7) is 5.08. The van der Waals surface area contributed by atoms with Crippen LogP contribution in [0.5, 0.6) is 0 Å². The zero-order valence-corrected chi connectivity index (χ0v) is 11.3. The number of aliphatic carboxylic acids is 1. The third kappa shape index (κ3) is 2.38. The molecule has 2 N–H and O–H groups in total. The molecule has 2 fully saturated rings. The molecule has 2 rings (SSSR count). The van der Waals surface area contributed by atoms with Crippen LogP contribution < -0.4 is 5.32 Å². The van der Waals surface area contributed by atoms with Crippen molar-refractivity contribution in [3.63, 3.8) is 0 Å². The van der Waals surface area contributed by atoms with E-state index in [2.05, 4.69) is 19.2 Å². The maximum Gasteiger partial charge on any atom is 0.310 e. The van der Waals surface area contributed by atoms with E-state index in [1.807, 2.05) is 0 Å². The zero-order chi connectivity index (χ0) is 13.4. The third-order valence-electron chi connectivity index (χ3n) is 5.02. The van der Waals surface area contributed by atoms with Crippen molar-refractivity contribution in [1.82, 2.24) is 5.32 Å². The molecule has 4 nitrogen and oxygen atoms in total. The van der Waals surface area contributed by atoms with Crippen molar-refractivity contribution in [3.05, 3.63) is 0 Å². The predicted octanol–water partition coefficient (Wildman–Crippen LogP) is 2.18. The van der Waals surface area contributed by atoms with Gasteiger partial charge in [-0.05, 0) is 37.0 Å². The second kappa shape index (κ2) is 4.56. The first kappa shape index (κ1) is 13.4. The highest BCUT2D eigenvalue weighted by Gasteiger charge is 2.48. The Morgan fingerprint density at radius 3 is 2.17 bits per heavy atom. The van der Waals surface area contributed by atoms with E-state index in [0.717, 1.165) is 6.42 Å². The average molecular weight is 253 g/mol. The lowest BCUT2D eigenvalue weighted by Gasteiger charge is -2.37. The topological polar surface area (TPSA) is 66.4 Å². The third-order valence-corrected chi connectivity index (χ3v) is 5.02. The van der Waals surface area contributed by atoms with Gasteiger partial charge in [0, 0.05) is 13.0 Å². The minimum Gasteiger partial charge on any atom is -0.481 e. The largest absolute Gasteiger partial charge is 0.481 e. The van der Waals surface area contributed by atoms with Gasteiger partial charge >= 0.3 is 5.97 Å². The lowest BCUT2D eigenvalue weighted by molar-refractivity contribution is -0.157. The summed E-state index contributed by atoms with van der Waals surface area (Å²) in [5, 5.41) is 12.1. The van der Waals surface area contributed by atoms with Crippen molar-refractivity contribution in [2.75, 3.05) is 6.54 Å². The number of rotatable bonds is 6. The summed E-state index contributed by atoms with van der Waals surface area (Å²) in [7, 11) is 0. The van der Waals surface area contributed by atoms with Crippen LogP contribution in [-0.4, -0.2) is 23.5 Å². The fourth-order valence-corrected chi connectivity index (χ4v) is 2.83. The molecule has 102 valence electrons. The average Bonchev–Trinajstić information content (AvgIpc) is 3.01. The van der Waals surface area contributed by atoms with E-state index < -0.39 is 11.4 Å². The van der Waals surface area contributed by atoms with E-state index >= 15 is 0 Å². The normalized spacial score (nSPS) is 23.3. The molecule has 0 heterocycles. The van der Waals surface area contributed by atoms with Crippen LogP contribution in [0.1, 0.15) is 52.4 Å². The minimum atomic E-state index is -0.811. The van der Waals surface area contributed by atoms with Gasteiger partial charge in [0.05, 0.1) is 5.41 Å². The lowest BCUT2D eigenvalue weighted by atomic mass is 9.66. The molecule has 0 saturated heterocycles. The van der Waals surface area contributed by atoms with Gasteiger partial charge in [-0.1, -0.05) is 20.3 Å². The number of carbonyl (C=O) groups excluding carboxylic acids is 1. The Hall–Kier alpha value is -1.06. The number of hydrogen-bond acceptors (Lipinski definition) is 2. The molecule has 2 aliphatic rings. The molecule has 4 heteroatoms. The Morgan fingerprint density at radius 1 is 1.22 bits per heavy atom. The fourth-order valence-electron chi connectivity index (χ4n) is 2.83. The van der Waals surface area contributed by atoms with Gasteiger partial charge in [-0.25, -0.2) is 0 Å². The van der Waals surface area contributed by atoms with Crippen LogP contribution in [0.4, 0.5) is 0 Å².